The molecule has 3 heterocycles. The SMILES string of the molecule is Clc1cc2c(c3[nH+]cccc13)OC[NH+](CCC[NH+]1CCOCC1)C2. The minimum Gasteiger partial charge on any atom is -0.438 e. The number of nitrogens with one attached hydrogen (secondary N) is 3. The number of benzene rings is 1. The summed E-state index contributed by atoms with van der Waals surface area (Å²) in [6, 6.07) is 6.07. The van der Waals surface area contributed by atoms with Crippen molar-refractivity contribution in [3.05, 3.63) is 35.0 Å². The zero-order valence-corrected chi connectivity index (χ0v) is 14.6. The molecule has 2 aliphatic heterocycles. The highest BCUT2D eigenvalue weighted by Gasteiger charge is 2.27. The molecule has 2 aliphatic rings. The molecule has 3 N–H and O–H groups in total. The fourth-order valence-corrected chi connectivity index (χ4v) is 4.02. The van der Waals surface area contributed by atoms with Crippen molar-refractivity contribution in [2.24, 2.45) is 0 Å². The molecule has 0 radical (unpaired) electrons. The largest absolute Gasteiger partial charge is 0.438 e. The molecule has 6 heteroatoms. The zero-order chi connectivity index (χ0) is 16.4. The maximum Gasteiger partial charge on any atom is 0.255 e. The minimum atomic E-state index is 0.727. The van der Waals surface area contributed by atoms with Gasteiger partial charge in [-0.3, -0.25) is 4.90 Å². The molecule has 1 unspecified atom stereocenters. The highest BCUT2D eigenvalue weighted by molar-refractivity contribution is 6.35. The van der Waals surface area contributed by atoms with Crippen molar-refractivity contribution >= 4 is 22.5 Å². The number of aromatic nitrogens is 1. The van der Waals surface area contributed by atoms with Crippen molar-refractivity contribution in [2.45, 2.75) is 13.0 Å². The summed E-state index contributed by atoms with van der Waals surface area (Å²) in [6.07, 6.45) is 3.14. The first-order chi connectivity index (χ1) is 11.8. The van der Waals surface area contributed by atoms with E-state index >= 15 is 0 Å². The van der Waals surface area contributed by atoms with Gasteiger partial charge in [0.15, 0.2) is 6.20 Å². The Labute approximate surface area is 147 Å². The molecule has 0 aliphatic carbocycles. The summed E-state index contributed by atoms with van der Waals surface area (Å²) in [5.74, 6) is 0.970. The van der Waals surface area contributed by atoms with Crippen LogP contribution in [0, 0.1) is 0 Å². The lowest BCUT2D eigenvalue weighted by Crippen LogP contribution is -3.16. The van der Waals surface area contributed by atoms with Gasteiger partial charge in [-0.05, 0) is 12.1 Å². The summed E-state index contributed by atoms with van der Waals surface area (Å²) in [7, 11) is 0. The first-order valence-corrected chi connectivity index (χ1v) is 9.18. The lowest BCUT2D eigenvalue weighted by molar-refractivity contribution is -0.942. The number of H-pyrrole nitrogens is 1. The number of aromatic amines is 1. The number of hydrogen-bond donors (Lipinski definition) is 2. The molecule has 1 saturated heterocycles. The molecule has 1 aromatic carbocycles. The monoisotopic (exact) mass is 350 g/mol. The molecule has 5 nitrogen and oxygen atoms in total. The minimum absolute atomic E-state index is 0.727. The van der Waals surface area contributed by atoms with Crippen LogP contribution in [-0.2, 0) is 11.3 Å². The second kappa shape index (κ2) is 7.23. The maximum absolute atomic E-state index is 6.45. The van der Waals surface area contributed by atoms with Gasteiger partial charge in [-0.2, -0.15) is 0 Å². The van der Waals surface area contributed by atoms with E-state index < -0.39 is 0 Å². The topological polar surface area (TPSA) is 41.5 Å². The van der Waals surface area contributed by atoms with Gasteiger partial charge in [-0.25, -0.2) is 4.98 Å². The number of rotatable bonds is 4. The quantitative estimate of drug-likeness (QED) is 0.769. The number of hydrogen-bond acceptors (Lipinski definition) is 2. The smallest absolute Gasteiger partial charge is 0.255 e. The van der Waals surface area contributed by atoms with Crippen molar-refractivity contribution in [3.8, 4) is 5.75 Å². The van der Waals surface area contributed by atoms with E-state index in [2.05, 4.69) is 11.1 Å². The van der Waals surface area contributed by atoms with Crippen LogP contribution in [0.15, 0.2) is 24.4 Å². The second-order valence-electron chi connectivity index (χ2n) is 6.74. The zero-order valence-electron chi connectivity index (χ0n) is 13.9. The van der Waals surface area contributed by atoms with Crippen molar-refractivity contribution in [2.75, 3.05) is 46.1 Å². The van der Waals surface area contributed by atoms with Gasteiger partial charge in [0.2, 0.25) is 12.5 Å². The number of pyridine rings is 1. The molecule has 0 spiro atoms. The third kappa shape index (κ3) is 3.35. The summed E-state index contributed by atoms with van der Waals surface area (Å²) in [5.41, 5.74) is 2.21. The van der Waals surface area contributed by atoms with Crippen LogP contribution in [0.3, 0.4) is 0 Å². The fourth-order valence-electron chi connectivity index (χ4n) is 3.73. The Hall–Kier alpha value is -1.40. The van der Waals surface area contributed by atoms with E-state index in [1.807, 2.05) is 18.3 Å². The third-order valence-corrected chi connectivity index (χ3v) is 5.37. The summed E-state index contributed by atoms with van der Waals surface area (Å²) < 4.78 is 11.5. The van der Waals surface area contributed by atoms with Crippen LogP contribution in [0.5, 0.6) is 5.75 Å². The van der Waals surface area contributed by atoms with Gasteiger partial charge in [0.1, 0.15) is 19.6 Å². The number of fused-ring (bicyclic) bond motifs is 3. The van der Waals surface area contributed by atoms with E-state index in [1.165, 1.54) is 23.4 Å². The Balaban J connectivity index is 1.40. The van der Waals surface area contributed by atoms with Crippen LogP contribution >= 0.6 is 11.6 Å². The van der Waals surface area contributed by atoms with Gasteiger partial charge in [0.25, 0.3) is 5.52 Å². The van der Waals surface area contributed by atoms with Gasteiger partial charge >= 0.3 is 0 Å². The number of ether oxygens (including phenoxy) is 2. The van der Waals surface area contributed by atoms with Crippen LogP contribution in [0.1, 0.15) is 12.0 Å². The van der Waals surface area contributed by atoms with Crippen molar-refractivity contribution < 1.29 is 24.3 Å². The van der Waals surface area contributed by atoms with Crippen LogP contribution in [0.25, 0.3) is 10.9 Å². The Morgan fingerprint density at radius 1 is 1.17 bits per heavy atom. The molecule has 0 saturated carbocycles. The second-order valence-corrected chi connectivity index (χ2v) is 7.14. The standard InChI is InChI=1S/C18H22ClN3O2/c19-16-11-14-12-22(6-2-5-21-7-9-23-10-8-21)13-24-18(14)17-15(16)3-1-4-20-17/h1,3-4,11H,2,5-10,12-13H2/p+3. The number of halogens is 1. The third-order valence-electron chi connectivity index (χ3n) is 5.05. The van der Waals surface area contributed by atoms with E-state index in [1.54, 1.807) is 4.90 Å². The normalized spacial score (nSPS) is 21.5. The number of quaternary nitrogens is 2. The summed E-state index contributed by atoms with van der Waals surface area (Å²) in [5, 5.41) is 1.82. The highest BCUT2D eigenvalue weighted by atomic mass is 35.5. The van der Waals surface area contributed by atoms with E-state index in [9.17, 15) is 0 Å². The molecule has 24 heavy (non-hydrogen) atoms. The van der Waals surface area contributed by atoms with Crippen molar-refractivity contribution in [3.63, 3.8) is 0 Å². The molecule has 1 fully saturated rings. The average Bonchev–Trinajstić information content (AvgIpc) is 2.63. The first kappa shape index (κ1) is 16.1. The molecular weight excluding hydrogens is 326 g/mol. The molecule has 0 amide bonds. The Morgan fingerprint density at radius 3 is 2.88 bits per heavy atom. The predicted molar refractivity (Wildman–Crippen MR) is 91.5 cm³/mol. The molecule has 1 atom stereocenters. The van der Waals surface area contributed by atoms with Gasteiger partial charge in [0.05, 0.1) is 42.3 Å². The highest BCUT2D eigenvalue weighted by Crippen LogP contribution is 2.32. The van der Waals surface area contributed by atoms with Gasteiger partial charge in [-0.1, -0.05) is 11.6 Å². The first-order valence-electron chi connectivity index (χ1n) is 8.81. The Bertz CT molecular complexity index is 719. The molecule has 2 aromatic rings. The average molecular weight is 351 g/mol. The lowest BCUT2D eigenvalue weighted by atomic mass is 10.1. The maximum atomic E-state index is 6.45. The summed E-state index contributed by atoms with van der Waals surface area (Å²) >= 11 is 6.45. The fraction of sp³-hybridized carbons (Fsp3) is 0.500. The van der Waals surface area contributed by atoms with Gasteiger partial charge in [-0.15, -0.1) is 0 Å². The van der Waals surface area contributed by atoms with Crippen LogP contribution < -0.4 is 19.5 Å². The van der Waals surface area contributed by atoms with Crippen molar-refractivity contribution in [1.29, 1.82) is 0 Å². The van der Waals surface area contributed by atoms with E-state index in [0.717, 1.165) is 67.8 Å². The molecule has 0 bridgehead atoms. The van der Waals surface area contributed by atoms with Gasteiger partial charge in [0, 0.05) is 12.5 Å². The van der Waals surface area contributed by atoms with Crippen LogP contribution in [0.2, 0.25) is 5.02 Å². The molecule has 4 rings (SSSR count). The number of morpholine rings is 1. The summed E-state index contributed by atoms with van der Waals surface area (Å²) in [6.45, 7) is 8.17. The van der Waals surface area contributed by atoms with E-state index in [0.29, 0.717) is 0 Å². The Morgan fingerprint density at radius 2 is 2.00 bits per heavy atom. The van der Waals surface area contributed by atoms with Crippen molar-refractivity contribution in [1.82, 2.24) is 0 Å². The molecular formula is C18H25ClN3O2+3. The predicted octanol–water partition coefficient (Wildman–Crippen LogP) is -0.653. The molecule has 128 valence electrons. The van der Waals surface area contributed by atoms with Crippen LogP contribution in [0.4, 0.5) is 0 Å². The molecule has 1 aromatic heterocycles. The Kier molecular flexibility index (Phi) is 4.85. The summed E-state index contributed by atoms with van der Waals surface area (Å²) in [4.78, 5) is 6.43. The van der Waals surface area contributed by atoms with E-state index in [4.69, 9.17) is 21.1 Å². The lowest BCUT2D eigenvalue weighted by Gasteiger charge is -2.27. The van der Waals surface area contributed by atoms with Crippen LogP contribution in [-0.4, -0.2) is 46.1 Å². The van der Waals surface area contributed by atoms with E-state index in [-0.39, 0.29) is 0 Å². The van der Waals surface area contributed by atoms with Gasteiger partial charge < -0.3 is 14.4 Å².